The lowest BCUT2D eigenvalue weighted by molar-refractivity contribution is 0.324. The van der Waals surface area contributed by atoms with Gasteiger partial charge < -0.3 is 4.74 Å². The van der Waals surface area contributed by atoms with Gasteiger partial charge >= 0.3 is 0 Å². The molecule has 1 fully saturated rings. The average molecular weight is 309 g/mol. The summed E-state index contributed by atoms with van der Waals surface area (Å²) in [4.78, 5) is 4.02. The van der Waals surface area contributed by atoms with Crippen LogP contribution < -0.4 is 0 Å². The minimum atomic E-state index is -0.263. The smallest absolute Gasteiger partial charge is 0.137 e. The van der Waals surface area contributed by atoms with Gasteiger partial charge in [-0.15, -0.1) is 0 Å². The fraction of sp³-hybridized carbons (Fsp3) is 0.222. The summed E-state index contributed by atoms with van der Waals surface area (Å²) in [5, 5.41) is 4.24. The zero-order valence-corrected chi connectivity index (χ0v) is 12.6. The van der Waals surface area contributed by atoms with Crippen molar-refractivity contribution in [1.82, 2.24) is 14.8 Å². The van der Waals surface area contributed by atoms with Crippen LogP contribution in [0.4, 0.5) is 4.39 Å². The van der Waals surface area contributed by atoms with Crippen molar-refractivity contribution in [2.45, 2.75) is 25.2 Å². The highest BCUT2D eigenvalue weighted by Gasteiger charge is 2.48. The lowest BCUT2D eigenvalue weighted by Crippen LogP contribution is -2.18. The van der Waals surface area contributed by atoms with E-state index in [2.05, 4.69) is 29.1 Å². The van der Waals surface area contributed by atoms with Gasteiger partial charge in [-0.2, -0.15) is 5.10 Å². The summed E-state index contributed by atoms with van der Waals surface area (Å²) in [6.07, 6.45) is 3.04. The Kier molecular flexibility index (Phi) is 3.42. The normalized spacial score (nSPS) is 21.1. The molecule has 0 saturated carbocycles. The van der Waals surface area contributed by atoms with Crippen molar-refractivity contribution in [2.75, 3.05) is 0 Å². The molecule has 2 heterocycles. The summed E-state index contributed by atoms with van der Waals surface area (Å²) < 4.78 is 21.3. The molecule has 1 aliphatic rings. The summed E-state index contributed by atoms with van der Waals surface area (Å²) >= 11 is 0. The number of nitrogens with zero attached hydrogens (tertiary/aromatic N) is 3. The third kappa shape index (κ3) is 2.64. The molecular weight excluding hydrogens is 293 g/mol. The molecule has 0 radical (unpaired) electrons. The number of hydrogen-bond donors (Lipinski definition) is 0. The van der Waals surface area contributed by atoms with Crippen LogP contribution in [0.1, 0.15) is 28.8 Å². The molecule has 1 aromatic heterocycles. The molecule has 2 aromatic carbocycles. The highest BCUT2D eigenvalue weighted by molar-refractivity contribution is 5.34. The zero-order chi connectivity index (χ0) is 15.8. The summed E-state index contributed by atoms with van der Waals surface area (Å²) in [6.45, 7) is 2.07. The van der Waals surface area contributed by atoms with E-state index in [-0.39, 0.29) is 24.1 Å². The Balaban J connectivity index is 1.70. The first-order valence-electron chi connectivity index (χ1n) is 7.54. The summed E-state index contributed by atoms with van der Waals surface area (Å²) in [5.74, 6) is -0.263. The van der Waals surface area contributed by atoms with E-state index >= 15 is 0 Å². The summed E-state index contributed by atoms with van der Waals surface area (Å²) in [6, 6.07) is 14.5. The van der Waals surface area contributed by atoms with Gasteiger partial charge in [-0.3, -0.25) is 0 Å². The molecule has 3 unspecified atom stereocenters. The number of epoxide rings is 1. The molecule has 116 valence electrons. The van der Waals surface area contributed by atoms with Gasteiger partial charge in [0.1, 0.15) is 36.7 Å². The van der Waals surface area contributed by atoms with E-state index in [0.717, 1.165) is 5.56 Å². The Hall–Kier alpha value is -2.53. The summed E-state index contributed by atoms with van der Waals surface area (Å²) in [7, 11) is 0. The Bertz CT molecular complexity index is 819. The van der Waals surface area contributed by atoms with Crippen molar-refractivity contribution >= 4 is 0 Å². The average Bonchev–Trinajstić information content (AvgIpc) is 3.11. The monoisotopic (exact) mass is 309 g/mol. The Morgan fingerprint density at radius 3 is 2.78 bits per heavy atom. The van der Waals surface area contributed by atoms with Gasteiger partial charge in [-0.25, -0.2) is 14.1 Å². The van der Waals surface area contributed by atoms with Crippen molar-refractivity contribution in [2.24, 2.45) is 0 Å². The number of aryl methyl sites for hydroxylation is 1. The second kappa shape index (κ2) is 5.59. The molecule has 3 aromatic rings. The predicted molar refractivity (Wildman–Crippen MR) is 83.4 cm³/mol. The molecule has 4 rings (SSSR count). The molecule has 4 nitrogen and oxygen atoms in total. The van der Waals surface area contributed by atoms with Crippen molar-refractivity contribution in [3.05, 3.63) is 83.7 Å². The largest absolute Gasteiger partial charge is 0.362 e. The molecule has 1 aliphatic heterocycles. The Morgan fingerprint density at radius 1 is 1.17 bits per heavy atom. The quantitative estimate of drug-likeness (QED) is 0.693. The molecule has 0 aliphatic carbocycles. The number of halogens is 1. The highest BCUT2D eigenvalue weighted by Crippen LogP contribution is 2.48. The van der Waals surface area contributed by atoms with E-state index in [1.165, 1.54) is 29.6 Å². The molecule has 3 atom stereocenters. The second-order valence-electron chi connectivity index (χ2n) is 5.75. The zero-order valence-electron chi connectivity index (χ0n) is 12.6. The minimum Gasteiger partial charge on any atom is -0.362 e. The van der Waals surface area contributed by atoms with Crippen molar-refractivity contribution in [3.8, 4) is 0 Å². The third-order valence-electron chi connectivity index (χ3n) is 4.24. The maximum Gasteiger partial charge on any atom is 0.137 e. The van der Waals surface area contributed by atoms with E-state index in [9.17, 15) is 4.39 Å². The first-order chi connectivity index (χ1) is 11.2. The van der Waals surface area contributed by atoms with Crippen LogP contribution in [0.15, 0.2) is 61.2 Å². The molecule has 23 heavy (non-hydrogen) atoms. The van der Waals surface area contributed by atoms with E-state index < -0.39 is 0 Å². The Morgan fingerprint density at radius 2 is 2.04 bits per heavy atom. The maximum atomic E-state index is 13.7. The van der Waals surface area contributed by atoms with E-state index in [0.29, 0.717) is 0 Å². The van der Waals surface area contributed by atoms with Gasteiger partial charge in [0, 0.05) is 0 Å². The molecule has 0 bridgehead atoms. The fourth-order valence-electron chi connectivity index (χ4n) is 3.06. The highest BCUT2D eigenvalue weighted by atomic mass is 19.1. The van der Waals surface area contributed by atoms with Crippen LogP contribution in [-0.2, 0) is 4.74 Å². The van der Waals surface area contributed by atoms with E-state index in [1.807, 2.05) is 18.2 Å². The molecule has 0 N–H and O–H groups in total. The first kappa shape index (κ1) is 14.1. The van der Waals surface area contributed by atoms with Crippen LogP contribution in [-0.4, -0.2) is 20.9 Å². The summed E-state index contributed by atoms with van der Waals surface area (Å²) in [5.41, 5.74) is 3.19. The van der Waals surface area contributed by atoms with Crippen molar-refractivity contribution < 1.29 is 9.13 Å². The number of ether oxygens (including phenoxy) is 1. The molecule has 5 heteroatoms. The number of rotatable bonds is 4. The van der Waals surface area contributed by atoms with Crippen molar-refractivity contribution in [3.63, 3.8) is 0 Å². The van der Waals surface area contributed by atoms with Crippen LogP contribution in [0.3, 0.4) is 0 Å². The first-order valence-corrected chi connectivity index (χ1v) is 7.54. The van der Waals surface area contributed by atoms with Gasteiger partial charge in [0.15, 0.2) is 0 Å². The van der Waals surface area contributed by atoms with Crippen molar-refractivity contribution in [1.29, 1.82) is 0 Å². The maximum absolute atomic E-state index is 13.7. The lowest BCUT2D eigenvalue weighted by Gasteiger charge is -2.16. The predicted octanol–water partition coefficient (Wildman–Crippen LogP) is 3.46. The van der Waals surface area contributed by atoms with Gasteiger partial charge in [0.2, 0.25) is 0 Å². The fourth-order valence-corrected chi connectivity index (χ4v) is 3.06. The number of benzene rings is 2. The second-order valence-corrected chi connectivity index (χ2v) is 5.75. The minimum absolute atomic E-state index is 0.00586. The molecular formula is C18H16FN3O. The van der Waals surface area contributed by atoms with Crippen LogP contribution in [0, 0.1) is 12.7 Å². The van der Waals surface area contributed by atoms with Crippen LogP contribution in [0.2, 0.25) is 0 Å². The third-order valence-corrected chi connectivity index (χ3v) is 4.24. The molecule has 1 saturated heterocycles. The van der Waals surface area contributed by atoms with Gasteiger partial charge in [-0.05, 0) is 35.7 Å². The topological polar surface area (TPSA) is 43.2 Å². The SMILES string of the molecule is Cc1ccccc1C1OC1C(c1cccc(F)c1)n1cncn1. The van der Waals surface area contributed by atoms with Crippen LogP contribution in [0.5, 0.6) is 0 Å². The van der Waals surface area contributed by atoms with Crippen LogP contribution >= 0.6 is 0 Å². The van der Waals surface area contributed by atoms with Gasteiger partial charge in [0.05, 0.1) is 0 Å². The van der Waals surface area contributed by atoms with Crippen LogP contribution in [0.25, 0.3) is 0 Å². The standard InChI is InChI=1S/C18H16FN3O/c1-12-5-2-3-8-15(12)17-18(23-17)16(22-11-20-10-21-22)13-6-4-7-14(19)9-13/h2-11,16-18H,1H3. The van der Waals surface area contributed by atoms with E-state index in [4.69, 9.17) is 4.74 Å². The Labute approximate surface area is 133 Å². The van der Waals surface area contributed by atoms with Gasteiger partial charge in [0.25, 0.3) is 0 Å². The molecule has 0 amide bonds. The number of aromatic nitrogens is 3. The lowest BCUT2D eigenvalue weighted by atomic mass is 9.97. The molecule has 0 spiro atoms. The van der Waals surface area contributed by atoms with E-state index in [1.54, 1.807) is 17.1 Å². The number of hydrogen-bond acceptors (Lipinski definition) is 3. The van der Waals surface area contributed by atoms with Gasteiger partial charge in [-0.1, -0.05) is 36.4 Å².